The summed E-state index contributed by atoms with van der Waals surface area (Å²) in [5.74, 6) is 1.55. The van der Waals surface area contributed by atoms with Crippen molar-refractivity contribution in [3.8, 4) is 35.0 Å². The number of aryl methyl sites for hydroxylation is 2. The average molecular weight is 555 g/mol. The average Bonchev–Trinajstić information content (AvgIpc) is 3.65. The van der Waals surface area contributed by atoms with E-state index in [0.717, 1.165) is 43.9 Å². The van der Waals surface area contributed by atoms with E-state index in [1.54, 1.807) is 16.8 Å². The molecule has 0 aliphatic heterocycles. The third-order valence-electron chi connectivity index (χ3n) is 6.46. The number of nitrogens with one attached hydrogen (secondary N) is 1. The number of thiophene rings is 1. The van der Waals surface area contributed by atoms with E-state index in [4.69, 9.17) is 10.00 Å². The minimum absolute atomic E-state index is 0.413. The predicted molar refractivity (Wildman–Crippen MR) is 157 cm³/mol. The Bertz CT molecular complexity index is 1940. The van der Waals surface area contributed by atoms with Crippen molar-refractivity contribution >= 4 is 33.2 Å². The Kier molecular flexibility index (Phi) is 6.82. The maximum Gasteiger partial charge on any atom is 0.242 e. The molecule has 6 rings (SSSR count). The van der Waals surface area contributed by atoms with Crippen molar-refractivity contribution < 1.29 is 4.74 Å². The first kappa shape index (κ1) is 25.7. The van der Waals surface area contributed by atoms with Crippen LogP contribution in [-0.4, -0.2) is 25.0 Å². The fourth-order valence-corrected chi connectivity index (χ4v) is 5.22. The van der Waals surface area contributed by atoms with Crippen LogP contribution in [0.1, 0.15) is 27.8 Å². The lowest BCUT2D eigenvalue weighted by atomic mass is 10.1. The normalized spacial score (nSPS) is 10.7. The van der Waals surface area contributed by atoms with Crippen LogP contribution in [0.4, 0.5) is 11.6 Å². The van der Waals surface area contributed by atoms with Gasteiger partial charge in [0, 0.05) is 11.3 Å². The Morgan fingerprint density at radius 1 is 0.902 bits per heavy atom. The van der Waals surface area contributed by atoms with Crippen molar-refractivity contribution in [1.82, 2.24) is 25.0 Å². The predicted octanol–water partition coefficient (Wildman–Crippen LogP) is 6.89. The van der Waals surface area contributed by atoms with E-state index in [-0.39, 0.29) is 0 Å². The quantitative estimate of drug-likeness (QED) is 0.226. The van der Waals surface area contributed by atoms with Crippen molar-refractivity contribution in [2.24, 2.45) is 0 Å². The molecule has 0 unspecified atom stereocenters. The van der Waals surface area contributed by atoms with Crippen molar-refractivity contribution in [2.75, 3.05) is 5.32 Å². The van der Waals surface area contributed by atoms with Gasteiger partial charge in [0.05, 0.1) is 41.5 Å². The van der Waals surface area contributed by atoms with Crippen LogP contribution in [0.25, 0.3) is 21.5 Å². The van der Waals surface area contributed by atoms with Gasteiger partial charge in [-0.2, -0.15) is 15.5 Å². The van der Waals surface area contributed by atoms with E-state index < -0.39 is 0 Å². The molecule has 10 heteroatoms. The van der Waals surface area contributed by atoms with Crippen LogP contribution < -0.4 is 10.1 Å². The summed E-state index contributed by atoms with van der Waals surface area (Å²) in [6, 6.07) is 25.1. The van der Waals surface area contributed by atoms with Gasteiger partial charge < -0.3 is 10.1 Å². The Hall–Kier alpha value is -5.58. The maximum absolute atomic E-state index is 9.28. The Morgan fingerprint density at radius 2 is 1.63 bits per heavy atom. The smallest absolute Gasteiger partial charge is 0.242 e. The molecule has 0 saturated carbocycles. The number of anilines is 2. The van der Waals surface area contributed by atoms with Crippen molar-refractivity contribution in [3.63, 3.8) is 0 Å². The van der Waals surface area contributed by atoms with Crippen molar-refractivity contribution in [1.29, 1.82) is 10.5 Å². The molecule has 6 aromatic rings. The SMILES string of the molecule is Cc1cc(C#N)cc(C)c1Oc1nc(Nc2ccc(-c3cn(Cc4ccc(C#N)cc4)nn3)cc2)nc2ccsc12. The van der Waals surface area contributed by atoms with E-state index in [1.165, 1.54) is 11.3 Å². The molecule has 198 valence electrons. The first-order chi connectivity index (χ1) is 20.0. The lowest BCUT2D eigenvalue weighted by Crippen LogP contribution is -2.00. The first-order valence-electron chi connectivity index (χ1n) is 12.7. The molecular weight excluding hydrogens is 532 g/mol. The standard InChI is InChI=1S/C31H22N8OS/c1-19-13-23(16-33)14-20(2)28(19)40-30-29-26(11-12-41-29)35-31(36-30)34-25-9-7-24(8-10-25)27-18-39(38-37-27)17-22-5-3-21(15-32)4-6-22/h3-14,18H,17H2,1-2H3,(H,34,35,36). The van der Waals surface area contributed by atoms with E-state index >= 15 is 0 Å². The van der Waals surface area contributed by atoms with Crippen molar-refractivity contribution in [2.45, 2.75) is 20.4 Å². The van der Waals surface area contributed by atoms with Gasteiger partial charge in [0.25, 0.3) is 0 Å². The molecule has 41 heavy (non-hydrogen) atoms. The van der Waals surface area contributed by atoms with Crippen molar-refractivity contribution in [3.05, 3.63) is 106 Å². The van der Waals surface area contributed by atoms with Crippen LogP contribution in [0.2, 0.25) is 0 Å². The Morgan fingerprint density at radius 3 is 2.34 bits per heavy atom. The molecule has 0 bridgehead atoms. The number of hydrogen-bond donors (Lipinski definition) is 1. The molecule has 0 amide bonds. The molecule has 9 nitrogen and oxygen atoms in total. The summed E-state index contributed by atoms with van der Waals surface area (Å²) in [6.45, 7) is 4.40. The first-order valence-corrected chi connectivity index (χ1v) is 13.6. The molecule has 0 radical (unpaired) electrons. The van der Waals surface area contributed by atoms with Gasteiger partial charge in [-0.05, 0) is 78.4 Å². The topological polar surface area (TPSA) is 125 Å². The van der Waals surface area contributed by atoms with E-state index in [0.29, 0.717) is 35.2 Å². The van der Waals surface area contributed by atoms with Crippen LogP contribution in [0.15, 0.2) is 78.3 Å². The second-order valence-corrected chi connectivity index (χ2v) is 10.4. The zero-order chi connectivity index (χ0) is 28.3. The van der Waals surface area contributed by atoms with Gasteiger partial charge in [-0.3, -0.25) is 0 Å². The lowest BCUT2D eigenvalue weighted by molar-refractivity contribution is 0.463. The minimum atomic E-state index is 0.413. The molecule has 3 heterocycles. The van der Waals surface area contributed by atoms with Crippen LogP contribution in [0.5, 0.6) is 11.6 Å². The molecule has 3 aromatic heterocycles. The Labute approximate surface area is 239 Å². The summed E-state index contributed by atoms with van der Waals surface area (Å²) in [7, 11) is 0. The molecule has 0 atom stereocenters. The highest BCUT2D eigenvalue weighted by molar-refractivity contribution is 7.17. The van der Waals surface area contributed by atoms with Gasteiger partial charge in [-0.1, -0.05) is 29.5 Å². The highest BCUT2D eigenvalue weighted by Crippen LogP contribution is 2.36. The molecule has 0 aliphatic rings. The second-order valence-electron chi connectivity index (χ2n) is 9.45. The fourth-order valence-electron chi connectivity index (χ4n) is 4.47. The largest absolute Gasteiger partial charge is 0.437 e. The van der Waals surface area contributed by atoms with Gasteiger partial charge in [-0.15, -0.1) is 16.4 Å². The van der Waals surface area contributed by atoms with Crippen LogP contribution in [0, 0.1) is 36.5 Å². The molecule has 0 spiro atoms. The van der Waals surface area contributed by atoms with E-state index in [1.807, 2.05) is 80.0 Å². The van der Waals surface area contributed by atoms with Crippen LogP contribution in [-0.2, 0) is 6.54 Å². The number of rotatable bonds is 7. The van der Waals surface area contributed by atoms with Gasteiger partial charge in [-0.25, -0.2) is 9.67 Å². The zero-order valence-corrected chi connectivity index (χ0v) is 23.0. The number of fused-ring (bicyclic) bond motifs is 1. The number of hydrogen-bond acceptors (Lipinski definition) is 9. The minimum Gasteiger partial charge on any atom is -0.437 e. The molecule has 0 fully saturated rings. The maximum atomic E-state index is 9.28. The van der Waals surface area contributed by atoms with Gasteiger partial charge in [0.2, 0.25) is 11.8 Å². The summed E-state index contributed by atoms with van der Waals surface area (Å²) in [5.41, 5.74) is 7.25. The zero-order valence-electron chi connectivity index (χ0n) is 22.2. The summed E-state index contributed by atoms with van der Waals surface area (Å²) < 4.78 is 8.92. The fraction of sp³-hybridized carbons (Fsp3) is 0.0968. The monoisotopic (exact) mass is 554 g/mol. The van der Waals surface area contributed by atoms with Crippen LogP contribution in [0.3, 0.4) is 0 Å². The third kappa shape index (κ3) is 5.46. The molecule has 3 aromatic carbocycles. The molecule has 0 saturated heterocycles. The van der Waals surface area contributed by atoms with E-state index in [9.17, 15) is 5.26 Å². The number of benzene rings is 3. The summed E-state index contributed by atoms with van der Waals surface area (Å²) in [4.78, 5) is 9.34. The summed E-state index contributed by atoms with van der Waals surface area (Å²) in [6.07, 6.45) is 1.89. The van der Waals surface area contributed by atoms with Crippen LogP contribution >= 0.6 is 11.3 Å². The molecule has 1 N–H and O–H groups in total. The lowest BCUT2D eigenvalue weighted by Gasteiger charge is -2.13. The third-order valence-corrected chi connectivity index (χ3v) is 7.36. The van der Waals surface area contributed by atoms with Gasteiger partial charge >= 0.3 is 0 Å². The summed E-state index contributed by atoms with van der Waals surface area (Å²) in [5, 5.41) is 32.1. The summed E-state index contributed by atoms with van der Waals surface area (Å²) >= 11 is 1.51. The molecular formula is C31H22N8OS. The highest BCUT2D eigenvalue weighted by Gasteiger charge is 2.15. The number of ether oxygens (including phenoxy) is 1. The number of nitrogens with zero attached hydrogens (tertiary/aromatic N) is 7. The highest BCUT2D eigenvalue weighted by atomic mass is 32.1. The van der Waals surface area contributed by atoms with E-state index in [2.05, 4.69) is 37.7 Å². The number of nitriles is 2. The molecule has 0 aliphatic carbocycles. The van der Waals surface area contributed by atoms with Gasteiger partial charge in [0.15, 0.2) is 0 Å². The number of aromatic nitrogens is 5. The Balaban J connectivity index is 1.20. The van der Waals surface area contributed by atoms with Gasteiger partial charge in [0.1, 0.15) is 16.1 Å². The second kappa shape index (κ2) is 10.9.